The molecule has 0 amide bonds. The minimum absolute atomic E-state index is 0.909. The van der Waals surface area contributed by atoms with E-state index in [9.17, 15) is 0 Å². The van der Waals surface area contributed by atoms with Crippen molar-refractivity contribution in [3.8, 4) is 0 Å². The second-order valence-electron chi connectivity index (χ2n) is 8.45. The van der Waals surface area contributed by atoms with Crippen LogP contribution in [0.4, 0.5) is 0 Å². The fourth-order valence-electron chi connectivity index (χ4n) is 3.90. The lowest BCUT2D eigenvalue weighted by molar-refractivity contribution is 0.527. The van der Waals surface area contributed by atoms with E-state index in [4.69, 9.17) is 0 Å². The summed E-state index contributed by atoms with van der Waals surface area (Å²) in [4.78, 5) is 0. The average Bonchev–Trinajstić information content (AvgIpc) is 2.68. The third-order valence-electron chi connectivity index (χ3n) is 5.70. The lowest BCUT2D eigenvalue weighted by Crippen LogP contribution is -2.05. The first-order chi connectivity index (χ1) is 13.3. The van der Waals surface area contributed by atoms with E-state index in [0.717, 1.165) is 11.0 Å². The molecule has 0 aromatic heterocycles. The molecule has 2 heteroatoms. The van der Waals surface area contributed by atoms with Gasteiger partial charge in [0.25, 0.3) is 0 Å². The quantitative estimate of drug-likeness (QED) is 0.128. The molecule has 0 aromatic rings. The molecule has 0 fully saturated rings. The van der Waals surface area contributed by atoms with Gasteiger partial charge in [0.15, 0.2) is 0 Å². The van der Waals surface area contributed by atoms with Gasteiger partial charge in [-0.05, 0) is 18.6 Å². The summed E-state index contributed by atoms with van der Waals surface area (Å²) in [5, 5.41) is 0.909. The molecule has 0 aliphatic rings. The predicted octanol–water partition coefficient (Wildman–Crippen LogP) is 9.86. The van der Waals surface area contributed by atoms with Gasteiger partial charge in [-0.3, -0.25) is 0 Å². The fraction of sp³-hybridized carbons (Fsp3) is 1.00. The zero-order valence-electron chi connectivity index (χ0n) is 19.0. The molecule has 0 saturated carbocycles. The van der Waals surface area contributed by atoms with Crippen LogP contribution in [0, 0.1) is 0 Å². The molecule has 0 aliphatic heterocycles. The molecular weight excluding hydrogens is 364 g/mol. The smallest absolute Gasteiger partial charge is 0.00473 e. The van der Waals surface area contributed by atoms with Crippen LogP contribution < -0.4 is 0 Å². The maximum Gasteiger partial charge on any atom is 0.00473 e. The van der Waals surface area contributed by atoms with Crippen LogP contribution in [0.1, 0.15) is 142 Å². The van der Waals surface area contributed by atoms with Gasteiger partial charge in [-0.1, -0.05) is 129 Å². The second kappa shape index (κ2) is 24.7. The van der Waals surface area contributed by atoms with Crippen molar-refractivity contribution < 1.29 is 0 Å². The number of unbranched alkanes of at least 4 members (excludes halogenated alkanes) is 16. The third-order valence-corrected chi connectivity index (χ3v) is 7.61. The molecule has 0 atom stereocenters. The van der Waals surface area contributed by atoms with Crippen LogP contribution in [-0.4, -0.2) is 16.8 Å². The highest BCUT2D eigenvalue weighted by atomic mass is 32.2. The van der Waals surface area contributed by atoms with E-state index in [-0.39, 0.29) is 0 Å². The zero-order valence-corrected chi connectivity index (χ0v) is 20.7. The van der Waals surface area contributed by atoms with E-state index in [1.54, 1.807) is 0 Å². The topological polar surface area (TPSA) is 0 Å². The number of hydrogen-bond donors (Lipinski definition) is 1. The minimum atomic E-state index is 0.909. The molecule has 0 bridgehead atoms. The van der Waals surface area contributed by atoms with E-state index in [1.165, 1.54) is 134 Å². The van der Waals surface area contributed by atoms with Gasteiger partial charge in [0.05, 0.1) is 0 Å². The Morgan fingerprint density at radius 2 is 0.852 bits per heavy atom. The van der Waals surface area contributed by atoms with Crippen LogP contribution in [0.3, 0.4) is 0 Å². The Morgan fingerprint density at radius 3 is 1.19 bits per heavy atom. The van der Waals surface area contributed by atoms with Crippen LogP contribution in [0.25, 0.3) is 0 Å². The molecule has 0 unspecified atom stereocenters. The van der Waals surface area contributed by atoms with Gasteiger partial charge >= 0.3 is 0 Å². The van der Waals surface area contributed by atoms with Crippen LogP contribution in [0.5, 0.6) is 0 Å². The van der Waals surface area contributed by atoms with Crippen LogP contribution in [0.2, 0.25) is 0 Å². The number of thiol groups is 1. The number of thioether (sulfide) groups is 1. The van der Waals surface area contributed by atoms with E-state index >= 15 is 0 Å². The molecule has 0 aliphatic carbocycles. The Bertz CT molecular complexity index is 233. The second-order valence-corrected chi connectivity index (χ2v) is 10.3. The highest BCUT2D eigenvalue weighted by molar-refractivity contribution is 8.00. The molecule has 0 radical (unpaired) electrons. The first-order valence-corrected chi connectivity index (χ1v) is 14.3. The Balaban J connectivity index is 3.53. The van der Waals surface area contributed by atoms with E-state index in [0.29, 0.717) is 0 Å². The van der Waals surface area contributed by atoms with Gasteiger partial charge < -0.3 is 0 Å². The normalized spacial score (nSPS) is 11.6. The third kappa shape index (κ3) is 22.8. The SMILES string of the molecule is CCCCCCCCCCCC(CCCCCCCCCCC)SCCS. The highest BCUT2D eigenvalue weighted by Crippen LogP contribution is 2.24. The largest absolute Gasteiger partial charge is 0.179 e. The van der Waals surface area contributed by atoms with Gasteiger partial charge in [0, 0.05) is 11.0 Å². The minimum Gasteiger partial charge on any atom is -0.179 e. The Labute approximate surface area is 183 Å². The van der Waals surface area contributed by atoms with Crippen molar-refractivity contribution in [1.82, 2.24) is 0 Å². The summed E-state index contributed by atoms with van der Waals surface area (Å²) in [5.74, 6) is 2.28. The monoisotopic (exact) mass is 416 g/mol. The molecule has 0 N–H and O–H groups in total. The maximum absolute atomic E-state index is 4.42. The standard InChI is InChI=1S/C25H52S2/c1-3-5-7-9-11-13-15-17-19-21-25(27-24-23-26)22-20-18-16-14-12-10-8-6-4-2/h25-26H,3-24H2,1-2H3. The number of rotatable bonds is 23. The van der Waals surface area contributed by atoms with E-state index < -0.39 is 0 Å². The van der Waals surface area contributed by atoms with Crippen LogP contribution in [-0.2, 0) is 0 Å². The maximum atomic E-state index is 4.42. The average molecular weight is 417 g/mol. The molecule has 0 heterocycles. The molecule has 0 rings (SSSR count). The summed E-state index contributed by atoms with van der Waals surface area (Å²) in [7, 11) is 0. The first kappa shape index (κ1) is 27.7. The molecule has 0 saturated heterocycles. The number of hydrogen-bond acceptors (Lipinski definition) is 2. The zero-order chi connectivity index (χ0) is 19.8. The Kier molecular flexibility index (Phi) is 25.4. The van der Waals surface area contributed by atoms with E-state index in [2.05, 4.69) is 38.2 Å². The molecule has 0 spiro atoms. The summed E-state index contributed by atoms with van der Waals surface area (Å²) in [5.41, 5.74) is 0. The first-order valence-electron chi connectivity index (χ1n) is 12.6. The van der Waals surface area contributed by atoms with Gasteiger partial charge in [0.2, 0.25) is 0 Å². The molecule has 0 nitrogen and oxygen atoms in total. The summed E-state index contributed by atoms with van der Waals surface area (Å²) in [6.45, 7) is 4.60. The fourth-order valence-corrected chi connectivity index (χ4v) is 5.32. The van der Waals surface area contributed by atoms with Gasteiger partial charge in [-0.25, -0.2) is 0 Å². The lowest BCUT2D eigenvalue weighted by Gasteiger charge is -2.16. The van der Waals surface area contributed by atoms with Crippen molar-refractivity contribution in [3.63, 3.8) is 0 Å². The van der Waals surface area contributed by atoms with Gasteiger partial charge in [0.1, 0.15) is 0 Å². The van der Waals surface area contributed by atoms with Crippen molar-refractivity contribution >= 4 is 24.4 Å². The predicted molar refractivity (Wildman–Crippen MR) is 134 cm³/mol. The summed E-state index contributed by atoms with van der Waals surface area (Å²) >= 11 is 6.62. The van der Waals surface area contributed by atoms with Crippen molar-refractivity contribution in [2.75, 3.05) is 11.5 Å². The Hall–Kier alpha value is 0.700. The molecule has 164 valence electrons. The Morgan fingerprint density at radius 1 is 0.519 bits per heavy atom. The van der Waals surface area contributed by atoms with E-state index in [1.807, 2.05) is 0 Å². The van der Waals surface area contributed by atoms with Crippen LogP contribution in [0.15, 0.2) is 0 Å². The molecule has 0 aromatic carbocycles. The highest BCUT2D eigenvalue weighted by Gasteiger charge is 2.08. The summed E-state index contributed by atoms with van der Waals surface area (Å²) in [6.07, 6.45) is 29.0. The van der Waals surface area contributed by atoms with Crippen LogP contribution >= 0.6 is 24.4 Å². The van der Waals surface area contributed by atoms with Crippen molar-refractivity contribution in [3.05, 3.63) is 0 Å². The lowest BCUT2D eigenvalue weighted by atomic mass is 10.0. The van der Waals surface area contributed by atoms with Crippen molar-refractivity contribution in [2.45, 2.75) is 148 Å². The van der Waals surface area contributed by atoms with Gasteiger partial charge in [-0.15, -0.1) is 0 Å². The van der Waals surface area contributed by atoms with Gasteiger partial charge in [-0.2, -0.15) is 24.4 Å². The molecular formula is C25H52S2. The summed E-state index contributed by atoms with van der Waals surface area (Å²) < 4.78 is 0. The van der Waals surface area contributed by atoms with Crippen molar-refractivity contribution in [1.29, 1.82) is 0 Å². The summed E-state index contributed by atoms with van der Waals surface area (Å²) in [6, 6.07) is 0. The molecule has 27 heavy (non-hydrogen) atoms. The van der Waals surface area contributed by atoms with Crippen molar-refractivity contribution in [2.24, 2.45) is 0 Å².